The highest BCUT2D eigenvalue weighted by atomic mass is 79.9. The van der Waals surface area contributed by atoms with Gasteiger partial charge in [-0.25, -0.2) is 0 Å². The van der Waals surface area contributed by atoms with Crippen molar-refractivity contribution in [3.63, 3.8) is 0 Å². The summed E-state index contributed by atoms with van der Waals surface area (Å²) in [6.45, 7) is 4.10. The molecule has 0 saturated carbocycles. The third-order valence-corrected chi connectivity index (χ3v) is 3.35. The van der Waals surface area contributed by atoms with Gasteiger partial charge in [-0.15, -0.1) is 0 Å². The molecule has 0 aliphatic rings. The van der Waals surface area contributed by atoms with Gasteiger partial charge in [0.05, 0.1) is 5.70 Å². The lowest BCUT2D eigenvalue weighted by atomic mass is 10.2. The van der Waals surface area contributed by atoms with Crippen LogP contribution in [0.2, 0.25) is 0 Å². The predicted octanol–water partition coefficient (Wildman–Crippen LogP) is 6.03. The first-order valence-electron chi connectivity index (χ1n) is 6.63. The predicted molar refractivity (Wildman–Crippen MR) is 91.5 cm³/mol. The van der Waals surface area contributed by atoms with E-state index in [4.69, 9.17) is 0 Å². The Labute approximate surface area is 129 Å². The zero-order valence-corrected chi connectivity index (χ0v) is 13.3. The number of anilines is 2. The summed E-state index contributed by atoms with van der Waals surface area (Å²) in [7, 11) is 0. The Bertz CT molecular complexity index is 556. The number of nitrogens with zero attached hydrogens (tertiary/aromatic N) is 1. The summed E-state index contributed by atoms with van der Waals surface area (Å²) in [6.07, 6.45) is 4.17. The maximum absolute atomic E-state index is 3.62. The highest BCUT2D eigenvalue weighted by Gasteiger charge is 2.13. The number of rotatable bonds is 4. The monoisotopic (exact) mass is 327 g/mol. The minimum absolute atomic E-state index is 1.10. The Balaban J connectivity index is 2.59. The molecule has 2 heteroatoms. The molecule has 0 fully saturated rings. The molecule has 0 amide bonds. The van der Waals surface area contributed by atoms with Gasteiger partial charge >= 0.3 is 0 Å². The number of para-hydroxylation sites is 2. The Morgan fingerprint density at radius 3 is 1.70 bits per heavy atom. The molecule has 0 heterocycles. The van der Waals surface area contributed by atoms with Crippen LogP contribution in [0.5, 0.6) is 0 Å². The van der Waals surface area contributed by atoms with Crippen LogP contribution in [-0.2, 0) is 0 Å². The standard InChI is InChI=1S/C18H18BrN/c1-3-10-18(15(2)19)20(16-11-6-4-7-12-16)17-13-8-5-9-14-17/h3-14H,1-2H3/b10-3-,18-15-. The molecule has 0 bridgehead atoms. The minimum atomic E-state index is 1.10. The first kappa shape index (κ1) is 14.6. The Kier molecular flexibility index (Phi) is 5.19. The average Bonchev–Trinajstić information content (AvgIpc) is 2.49. The molecule has 0 aliphatic heterocycles. The first-order valence-corrected chi connectivity index (χ1v) is 7.42. The van der Waals surface area contributed by atoms with Crippen LogP contribution < -0.4 is 4.90 Å². The number of allylic oxidation sites excluding steroid dienone is 3. The van der Waals surface area contributed by atoms with E-state index in [1.165, 1.54) is 0 Å². The Morgan fingerprint density at radius 1 is 0.900 bits per heavy atom. The van der Waals surface area contributed by atoms with E-state index in [-0.39, 0.29) is 0 Å². The van der Waals surface area contributed by atoms with Gasteiger partial charge in [0.1, 0.15) is 0 Å². The maximum Gasteiger partial charge on any atom is 0.0556 e. The quantitative estimate of drug-likeness (QED) is 0.620. The van der Waals surface area contributed by atoms with Gasteiger partial charge in [0.25, 0.3) is 0 Å². The fourth-order valence-electron chi connectivity index (χ4n) is 2.08. The first-order chi connectivity index (χ1) is 9.74. The minimum Gasteiger partial charge on any atom is -0.310 e. The number of hydrogen-bond donors (Lipinski definition) is 0. The molecular formula is C18H18BrN. The molecule has 2 rings (SSSR count). The summed E-state index contributed by atoms with van der Waals surface area (Å²) in [6, 6.07) is 20.8. The van der Waals surface area contributed by atoms with Crippen LogP contribution in [0.15, 0.2) is 83.0 Å². The molecular weight excluding hydrogens is 310 g/mol. The largest absolute Gasteiger partial charge is 0.310 e. The van der Waals surface area contributed by atoms with Crippen molar-refractivity contribution in [1.29, 1.82) is 0 Å². The van der Waals surface area contributed by atoms with Gasteiger partial charge in [-0.1, -0.05) is 58.4 Å². The van der Waals surface area contributed by atoms with Crippen molar-refractivity contribution in [2.45, 2.75) is 13.8 Å². The van der Waals surface area contributed by atoms with Crippen LogP contribution in [0, 0.1) is 0 Å². The fourth-order valence-corrected chi connectivity index (χ4v) is 2.39. The second kappa shape index (κ2) is 7.11. The molecule has 0 N–H and O–H groups in total. The van der Waals surface area contributed by atoms with Crippen molar-refractivity contribution in [2.24, 2.45) is 0 Å². The summed E-state index contributed by atoms with van der Waals surface area (Å²) in [5, 5.41) is 0. The van der Waals surface area contributed by atoms with Gasteiger partial charge in [0.2, 0.25) is 0 Å². The molecule has 2 aromatic carbocycles. The summed E-state index contributed by atoms with van der Waals surface area (Å²) in [5.41, 5.74) is 3.42. The van der Waals surface area contributed by atoms with Crippen LogP contribution in [0.25, 0.3) is 0 Å². The van der Waals surface area contributed by atoms with Gasteiger partial charge < -0.3 is 4.90 Å². The van der Waals surface area contributed by atoms with Crippen molar-refractivity contribution in [1.82, 2.24) is 0 Å². The SMILES string of the molecule is C/C=C\C(=C(/C)Br)N(c1ccccc1)c1ccccc1. The molecule has 0 aromatic heterocycles. The van der Waals surface area contributed by atoms with E-state index in [2.05, 4.69) is 88.4 Å². The second-order valence-electron chi connectivity index (χ2n) is 4.43. The molecule has 2 aromatic rings. The molecule has 102 valence electrons. The number of benzene rings is 2. The van der Waals surface area contributed by atoms with Crippen molar-refractivity contribution >= 4 is 27.3 Å². The van der Waals surface area contributed by atoms with E-state index >= 15 is 0 Å². The van der Waals surface area contributed by atoms with E-state index < -0.39 is 0 Å². The van der Waals surface area contributed by atoms with Crippen LogP contribution in [0.3, 0.4) is 0 Å². The lowest BCUT2D eigenvalue weighted by Crippen LogP contribution is -2.15. The third kappa shape index (κ3) is 3.40. The summed E-state index contributed by atoms with van der Waals surface area (Å²) in [5.74, 6) is 0. The second-order valence-corrected chi connectivity index (χ2v) is 5.61. The lowest BCUT2D eigenvalue weighted by Gasteiger charge is -2.27. The van der Waals surface area contributed by atoms with E-state index in [0.717, 1.165) is 21.6 Å². The smallest absolute Gasteiger partial charge is 0.0556 e. The zero-order valence-electron chi connectivity index (χ0n) is 11.8. The molecule has 0 spiro atoms. The summed E-state index contributed by atoms with van der Waals surface area (Å²) in [4.78, 5) is 2.24. The van der Waals surface area contributed by atoms with Crippen LogP contribution in [0.4, 0.5) is 11.4 Å². The molecule has 0 atom stereocenters. The van der Waals surface area contributed by atoms with Crippen LogP contribution in [0.1, 0.15) is 13.8 Å². The fraction of sp³-hybridized carbons (Fsp3) is 0.111. The van der Waals surface area contributed by atoms with E-state index in [9.17, 15) is 0 Å². The van der Waals surface area contributed by atoms with Crippen molar-refractivity contribution in [3.8, 4) is 0 Å². The molecule has 0 aliphatic carbocycles. The van der Waals surface area contributed by atoms with Crippen molar-refractivity contribution in [2.75, 3.05) is 4.90 Å². The van der Waals surface area contributed by atoms with Gasteiger partial charge in [-0.2, -0.15) is 0 Å². The Hall–Kier alpha value is -1.80. The molecule has 0 saturated heterocycles. The maximum atomic E-state index is 3.62. The highest BCUT2D eigenvalue weighted by Crippen LogP contribution is 2.32. The number of hydrogen-bond acceptors (Lipinski definition) is 1. The summed E-state index contributed by atoms with van der Waals surface area (Å²) >= 11 is 3.62. The average molecular weight is 328 g/mol. The lowest BCUT2D eigenvalue weighted by molar-refractivity contribution is 1.19. The van der Waals surface area contributed by atoms with Crippen LogP contribution in [-0.4, -0.2) is 0 Å². The van der Waals surface area contributed by atoms with Crippen molar-refractivity contribution < 1.29 is 0 Å². The molecule has 0 radical (unpaired) electrons. The third-order valence-electron chi connectivity index (χ3n) is 2.95. The molecule has 0 unspecified atom stereocenters. The van der Waals surface area contributed by atoms with Crippen LogP contribution >= 0.6 is 15.9 Å². The van der Waals surface area contributed by atoms with Crippen molar-refractivity contribution in [3.05, 3.63) is 83.0 Å². The van der Waals surface area contributed by atoms with Gasteiger partial charge in [-0.3, -0.25) is 0 Å². The molecule has 1 nitrogen and oxygen atoms in total. The van der Waals surface area contributed by atoms with E-state index in [1.807, 2.05) is 19.1 Å². The van der Waals surface area contributed by atoms with Gasteiger partial charge in [0.15, 0.2) is 0 Å². The Morgan fingerprint density at radius 2 is 1.35 bits per heavy atom. The highest BCUT2D eigenvalue weighted by molar-refractivity contribution is 9.11. The normalized spacial score (nSPS) is 12.3. The topological polar surface area (TPSA) is 3.24 Å². The number of halogens is 1. The summed E-state index contributed by atoms with van der Waals surface area (Å²) < 4.78 is 1.10. The van der Waals surface area contributed by atoms with E-state index in [1.54, 1.807) is 0 Å². The van der Waals surface area contributed by atoms with E-state index in [0.29, 0.717) is 0 Å². The van der Waals surface area contributed by atoms with Gasteiger partial charge in [0, 0.05) is 15.9 Å². The zero-order chi connectivity index (χ0) is 14.4. The molecule has 20 heavy (non-hydrogen) atoms. The van der Waals surface area contributed by atoms with Gasteiger partial charge in [-0.05, 0) is 44.2 Å².